The number of nitrogens with zero attached hydrogens (tertiary/aromatic N) is 2. The molecule has 1 unspecified atom stereocenters. The van der Waals surface area contributed by atoms with Crippen LogP contribution in [-0.2, 0) is 0 Å². The van der Waals surface area contributed by atoms with E-state index in [0.29, 0.717) is 29.2 Å². The van der Waals surface area contributed by atoms with Crippen molar-refractivity contribution in [3.05, 3.63) is 33.4 Å². The Morgan fingerprint density at radius 1 is 1.27 bits per heavy atom. The average Bonchev–Trinajstić information content (AvgIpc) is 3.48. The van der Waals surface area contributed by atoms with Gasteiger partial charge in [0.05, 0.1) is 22.3 Å². The first-order chi connectivity index (χ1) is 12.3. The van der Waals surface area contributed by atoms with Crippen LogP contribution >= 0.6 is 0 Å². The van der Waals surface area contributed by atoms with Crippen molar-refractivity contribution in [2.75, 3.05) is 23.7 Å². The lowest BCUT2D eigenvalue weighted by molar-refractivity contribution is 0.499. The molecular formula is C20H25FN4O. The van der Waals surface area contributed by atoms with Gasteiger partial charge < -0.3 is 20.9 Å². The molecule has 2 saturated carbocycles. The number of hydrogen-bond donors (Lipinski definition) is 2. The molecule has 3 fully saturated rings. The van der Waals surface area contributed by atoms with Gasteiger partial charge in [-0.25, -0.2) is 4.39 Å². The van der Waals surface area contributed by atoms with E-state index in [1.165, 1.54) is 0 Å². The van der Waals surface area contributed by atoms with Gasteiger partial charge in [-0.05, 0) is 45.1 Å². The van der Waals surface area contributed by atoms with Gasteiger partial charge in [0.25, 0.3) is 0 Å². The minimum absolute atomic E-state index is 0.0194. The zero-order valence-corrected chi connectivity index (χ0v) is 15.3. The largest absolute Gasteiger partial charge is 0.396 e. The van der Waals surface area contributed by atoms with Crippen molar-refractivity contribution in [1.29, 1.82) is 0 Å². The summed E-state index contributed by atoms with van der Waals surface area (Å²) in [6.07, 6.45) is 6.30. The Kier molecular flexibility index (Phi) is 3.10. The summed E-state index contributed by atoms with van der Waals surface area (Å²) in [7, 11) is 0. The summed E-state index contributed by atoms with van der Waals surface area (Å²) in [5.74, 6) is -0.468. The number of benzene rings is 1. The zero-order chi connectivity index (χ0) is 18.4. The van der Waals surface area contributed by atoms with Crippen LogP contribution in [-0.4, -0.2) is 23.7 Å². The highest BCUT2D eigenvalue weighted by Gasteiger charge is 2.54. The van der Waals surface area contributed by atoms with Crippen LogP contribution in [0.2, 0.25) is 0 Å². The summed E-state index contributed by atoms with van der Waals surface area (Å²) < 4.78 is 17.5. The number of pyridine rings is 1. The highest BCUT2D eigenvalue weighted by atomic mass is 19.1. The fourth-order valence-corrected chi connectivity index (χ4v) is 4.78. The van der Waals surface area contributed by atoms with Crippen LogP contribution < -0.4 is 21.8 Å². The lowest BCUT2D eigenvalue weighted by atomic mass is 10.0. The molecule has 1 saturated heterocycles. The topological polar surface area (TPSA) is 77.3 Å². The second-order valence-electron chi connectivity index (χ2n) is 8.55. The first-order valence-electron chi connectivity index (χ1n) is 9.47. The van der Waals surface area contributed by atoms with Gasteiger partial charge in [-0.3, -0.25) is 4.79 Å². The number of fused-ring (bicyclic) bond motifs is 1. The molecule has 1 aromatic carbocycles. The molecular weight excluding hydrogens is 331 g/mol. The lowest BCUT2D eigenvalue weighted by Crippen LogP contribution is -2.31. The van der Waals surface area contributed by atoms with Crippen molar-refractivity contribution < 1.29 is 4.39 Å². The van der Waals surface area contributed by atoms with Crippen LogP contribution in [0.15, 0.2) is 11.0 Å². The molecule has 5 rings (SSSR count). The molecule has 0 bridgehead atoms. The monoisotopic (exact) mass is 356 g/mol. The predicted molar refractivity (Wildman–Crippen MR) is 102 cm³/mol. The van der Waals surface area contributed by atoms with Gasteiger partial charge in [0.1, 0.15) is 0 Å². The van der Waals surface area contributed by atoms with Crippen molar-refractivity contribution in [2.45, 2.75) is 51.6 Å². The predicted octanol–water partition coefficient (Wildman–Crippen LogP) is 2.60. The molecule has 1 aliphatic heterocycles. The zero-order valence-electron chi connectivity index (χ0n) is 15.3. The maximum Gasteiger partial charge on any atom is 0.194 e. The van der Waals surface area contributed by atoms with Crippen LogP contribution in [0.25, 0.3) is 10.9 Å². The van der Waals surface area contributed by atoms with Crippen LogP contribution in [0.5, 0.6) is 0 Å². The Hall–Kier alpha value is -2.08. The number of hydrogen-bond acceptors (Lipinski definition) is 4. The van der Waals surface area contributed by atoms with E-state index in [1.807, 2.05) is 13.1 Å². The van der Waals surface area contributed by atoms with Gasteiger partial charge in [-0.1, -0.05) is 0 Å². The van der Waals surface area contributed by atoms with E-state index in [0.717, 1.165) is 43.3 Å². The summed E-state index contributed by atoms with van der Waals surface area (Å²) in [5, 5.41) is 0.334. The molecule has 6 heteroatoms. The molecule has 4 N–H and O–H groups in total. The molecule has 0 radical (unpaired) electrons. The summed E-state index contributed by atoms with van der Waals surface area (Å²) >= 11 is 0. The summed E-state index contributed by atoms with van der Waals surface area (Å²) in [6.45, 7) is 5.10. The van der Waals surface area contributed by atoms with Crippen LogP contribution in [0.4, 0.5) is 15.8 Å². The van der Waals surface area contributed by atoms with E-state index in [4.69, 9.17) is 11.5 Å². The maximum absolute atomic E-state index is 15.3. The van der Waals surface area contributed by atoms with Gasteiger partial charge >= 0.3 is 0 Å². The summed E-state index contributed by atoms with van der Waals surface area (Å²) in [6, 6.07) is 0.450. The molecule has 1 aromatic heterocycles. The van der Waals surface area contributed by atoms with Crippen LogP contribution in [0.3, 0.4) is 0 Å². The van der Waals surface area contributed by atoms with E-state index in [-0.39, 0.29) is 22.6 Å². The van der Waals surface area contributed by atoms with Gasteiger partial charge in [0, 0.05) is 42.3 Å². The lowest BCUT2D eigenvalue weighted by Gasteiger charge is -2.25. The fraction of sp³-hybridized carbons (Fsp3) is 0.550. The van der Waals surface area contributed by atoms with Gasteiger partial charge in [0.2, 0.25) is 0 Å². The van der Waals surface area contributed by atoms with Crippen LogP contribution in [0, 0.1) is 25.1 Å². The van der Waals surface area contributed by atoms with E-state index >= 15 is 4.39 Å². The quantitative estimate of drug-likeness (QED) is 0.811. The third-order valence-electron chi connectivity index (χ3n) is 6.70. The second-order valence-corrected chi connectivity index (χ2v) is 8.55. The van der Waals surface area contributed by atoms with Crippen LogP contribution in [0.1, 0.15) is 42.9 Å². The molecule has 138 valence electrons. The average molecular weight is 356 g/mol. The number of nitrogens with two attached hydrogens (primary N) is 2. The van der Waals surface area contributed by atoms with Crippen molar-refractivity contribution in [2.24, 2.45) is 11.1 Å². The number of halogens is 1. The molecule has 26 heavy (non-hydrogen) atoms. The summed E-state index contributed by atoms with van der Waals surface area (Å²) in [4.78, 5) is 14.8. The molecule has 1 atom stereocenters. The second kappa shape index (κ2) is 5.00. The van der Waals surface area contributed by atoms with Crippen molar-refractivity contribution in [3.63, 3.8) is 0 Å². The third kappa shape index (κ3) is 2.02. The smallest absolute Gasteiger partial charge is 0.194 e. The number of aryl methyl sites for hydroxylation is 2. The highest BCUT2D eigenvalue weighted by Crippen LogP contribution is 2.54. The normalized spacial score (nSPS) is 24.0. The Morgan fingerprint density at radius 2 is 1.96 bits per heavy atom. The number of aromatic nitrogens is 1. The standard InChI is InChI=1S/C20H25FN4O/c1-10-7-25(12-3-4-12)17-11(2)18(15(21)16(23)14(17)19(10)26)24-8-13(22)20(9-24)5-6-20/h7,12-13H,3-6,8-9,22-23H2,1-2H3. The maximum atomic E-state index is 15.3. The van der Waals surface area contributed by atoms with Crippen molar-refractivity contribution in [3.8, 4) is 0 Å². The molecule has 0 amide bonds. The van der Waals surface area contributed by atoms with E-state index in [1.54, 1.807) is 6.92 Å². The van der Waals surface area contributed by atoms with E-state index in [2.05, 4.69) is 9.47 Å². The van der Waals surface area contributed by atoms with Gasteiger partial charge in [-0.15, -0.1) is 0 Å². The number of nitrogen functional groups attached to an aromatic ring is 1. The molecule has 3 aliphatic rings. The first-order valence-corrected chi connectivity index (χ1v) is 9.47. The Labute approximate surface area is 151 Å². The third-order valence-corrected chi connectivity index (χ3v) is 6.70. The first kappa shape index (κ1) is 16.1. The van der Waals surface area contributed by atoms with Gasteiger partial charge in [-0.2, -0.15) is 0 Å². The Bertz CT molecular complexity index is 1000. The molecule has 5 nitrogen and oxygen atoms in total. The Morgan fingerprint density at radius 3 is 2.54 bits per heavy atom. The van der Waals surface area contributed by atoms with E-state index < -0.39 is 5.82 Å². The minimum Gasteiger partial charge on any atom is -0.396 e. The minimum atomic E-state index is -0.468. The molecule has 1 spiro atoms. The summed E-state index contributed by atoms with van der Waals surface area (Å²) in [5.41, 5.74) is 15.2. The Balaban J connectivity index is 1.79. The molecule has 2 heterocycles. The number of rotatable bonds is 2. The van der Waals surface area contributed by atoms with Crippen molar-refractivity contribution in [1.82, 2.24) is 4.57 Å². The highest BCUT2D eigenvalue weighted by molar-refractivity contribution is 5.98. The van der Waals surface area contributed by atoms with E-state index in [9.17, 15) is 4.79 Å². The fourth-order valence-electron chi connectivity index (χ4n) is 4.78. The molecule has 2 aliphatic carbocycles. The van der Waals surface area contributed by atoms with Crippen molar-refractivity contribution >= 4 is 22.3 Å². The number of anilines is 2. The SMILES string of the molecule is Cc1cn(C2CC2)c2c(C)c(N3CC(N)C4(CC4)C3)c(F)c(N)c2c1=O. The van der Waals surface area contributed by atoms with Gasteiger partial charge in [0.15, 0.2) is 11.2 Å². The molecule has 2 aromatic rings.